The fraction of sp³-hybridized carbons (Fsp3) is 0.143. The highest BCUT2D eigenvalue weighted by molar-refractivity contribution is 7.98. The van der Waals surface area contributed by atoms with Crippen molar-refractivity contribution in [1.82, 2.24) is 19.4 Å². The highest BCUT2D eigenvalue weighted by Crippen LogP contribution is 2.28. The fourth-order valence-electron chi connectivity index (χ4n) is 2.09. The van der Waals surface area contributed by atoms with Crippen LogP contribution < -0.4 is 4.74 Å². The molecule has 3 rings (SSSR count). The van der Waals surface area contributed by atoms with Crippen LogP contribution in [0.15, 0.2) is 35.9 Å². The van der Waals surface area contributed by atoms with E-state index in [1.54, 1.807) is 16.7 Å². The lowest BCUT2D eigenvalue weighted by Crippen LogP contribution is -2.04. The van der Waals surface area contributed by atoms with Crippen LogP contribution in [0.5, 0.6) is 5.75 Å². The van der Waals surface area contributed by atoms with Crippen molar-refractivity contribution in [3.05, 3.63) is 36.3 Å². The van der Waals surface area contributed by atoms with Gasteiger partial charge in [0.2, 0.25) is 0 Å². The van der Waals surface area contributed by atoms with E-state index in [1.165, 1.54) is 30.2 Å². The number of nitriles is 1. The van der Waals surface area contributed by atoms with Crippen LogP contribution >= 0.6 is 11.8 Å². The van der Waals surface area contributed by atoms with Crippen LogP contribution in [-0.4, -0.2) is 32.2 Å². The summed E-state index contributed by atoms with van der Waals surface area (Å²) < 4.78 is 30.9. The number of rotatable bonds is 4. The molecule has 0 atom stereocenters. The van der Waals surface area contributed by atoms with Gasteiger partial charge in [0.05, 0.1) is 17.5 Å². The van der Waals surface area contributed by atoms with E-state index in [4.69, 9.17) is 0 Å². The van der Waals surface area contributed by atoms with E-state index in [0.717, 1.165) is 0 Å². The normalized spacial score (nSPS) is 10.9. The molecule has 0 saturated heterocycles. The highest BCUT2D eigenvalue weighted by atomic mass is 32.2. The zero-order chi connectivity index (χ0) is 16.4. The fourth-order valence-corrected chi connectivity index (χ4v) is 2.43. The van der Waals surface area contributed by atoms with Crippen molar-refractivity contribution in [2.45, 2.75) is 11.8 Å². The standard InChI is InChI=1S/C14H9F2N5OS/c1-23-14-19-6-8(5-17)11(20-14)9-7-18-12-10(22-13(15)16)3-2-4-21(9)12/h2-4,6-7,13H,1H3. The lowest BCUT2D eigenvalue weighted by Gasteiger charge is -2.07. The Morgan fingerprint density at radius 1 is 1.35 bits per heavy atom. The van der Waals surface area contributed by atoms with Gasteiger partial charge in [-0.05, 0) is 18.4 Å². The Kier molecular flexibility index (Phi) is 4.08. The minimum atomic E-state index is -2.95. The molecule has 0 aliphatic heterocycles. The number of hydrogen-bond acceptors (Lipinski definition) is 6. The molecule has 0 aromatic carbocycles. The Morgan fingerprint density at radius 3 is 2.87 bits per heavy atom. The van der Waals surface area contributed by atoms with Crippen molar-refractivity contribution in [1.29, 1.82) is 5.26 Å². The number of imidazole rings is 1. The predicted molar refractivity (Wildman–Crippen MR) is 79.3 cm³/mol. The maximum Gasteiger partial charge on any atom is 0.387 e. The lowest BCUT2D eigenvalue weighted by molar-refractivity contribution is -0.0491. The van der Waals surface area contributed by atoms with E-state index in [9.17, 15) is 14.0 Å². The summed E-state index contributed by atoms with van der Waals surface area (Å²) in [6.45, 7) is -2.95. The van der Waals surface area contributed by atoms with Crippen molar-refractivity contribution < 1.29 is 13.5 Å². The molecule has 0 N–H and O–H groups in total. The van der Waals surface area contributed by atoms with Gasteiger partial charge in [-0.1, -0.05) is 11.8 Å². The van der Waals surface area contributed by atoms with E-state index >= 15 is 0 Å². The molecule has 9 heteroatoms. The second kappa shape index (κ2) is 6.18. The monoisotopic (exact) mass is 333 g/mol. The van der Waals surface area contributed by atoms with Crippen molar-refractivity contribution >= 4 is 17.4 Å². The summed E-state index contributed by atoms with van der Waals surface area (Å²) >= 11 is 1.33. The third-order valence-electron chi connectivity index (χ3n) is 3.03. The maximum absolute atomic E-state index is 12.5. The molecule has 0 saturated carbocycles. The maximum atomic E-state index is 12.5. The third-order valence-corrected chi connectivity index (χ3v) is 3.59. The number of hydrogen-bond donors (Lipinski definition) is 0. The first kappa shape index (κ1) is 15.2. The van der Waals surface area contributed by atoms with E-state index in [1.807, 2.05) is 12.3 Å². The van der Waals surface area contributed by atoms with Gasteiger partial charge in [0.1, 0.15) is 11.8 Å². The molecule has 0 aliphatic carbocycles. The Balaban J connectivity index is 2.20. The van der Waals surface area contributed by atoms with Crippen LogP contribution in [-0.2, 0) is 0 Å². The molecule has 0 aliphatic rings. The van der Waals surface area contributed by atoms with Crippen LogP contribution in [0.25, 0.3) is 17.0 Å². The predicted octanol–water partition coefficient (Wildman–Crippen LogP) is 2.99. The number of pyridine rings is 1. The number of fused-ring (bicyclic) bond motifs is 1. The topological polar surface area (TPSA) is 76.1 Å². The smallest absolute Gasteiger partial charge is 0.387 e. The van der Waals surface area contributed by atoms with E-state index in [2.05, 4.69) is 19.7 Å². The number of alkyl halides is 2. The highest BCUT2D eigenvalue weighted by Gasteiger charge is 2.17. The Bertz CT molecular complexity index is 906. The Labute approximate surface area is 133 Å². The molecular formula is C14H9F2N5OS. The van der Waals surface area contributed by atoms with Crippen molar-refractivity contribution in [2.75, 3.05) is 6.26 Å². The second-order valence-corrected chi connectivity index (χ2v) is 5.09. The zero-order valence-electron chi connectivity index (χ0n) is 11.8. The summed E-state index contributed by atoms with van der Waals surface area (Å²) in [4.78, 5) is 12.5. The molecule has 0 radical (unpaired) electrons. The van der Waals surface area contributed by atoms with Crippen molar-refractivity contribution in [3.8, 4) is 23.2 Å². The summed E-state index contributed by atoms with van der Waals surface area (Å²) in [5.74, 6) is -0.0496. The van der Waals surface area contributed by atoms with Gasteiger partial charge in [0, 0.05) is 12.4 Å². The van der Waals surface area contributed by atoms with Gasteiger partial charge in [0.15, 0.2) is 16.6 Å². The van der Waals surface area contributed by atoms with E-state index < -0.39 is 6.61 Å². The molecule has 0 spiro atoms. The van der Waals surface area contributed by atoms with Gasteiger partial charge in [-0.15, -0.1) is 0 Å². The molecule has 3 aromatic rings. The van der Waals surface area contributed by atoms with E-state index in [0.29, 0.717) is 16.5 Å². The Hall–Kier alpha value is -2.73. The van der Waals surface area contributed by atoms with Crippen molar-refractivity contribution in [2.24, 2.45) is 0 Å². The van der Waals surface area contributed by atoms with Crippen LogP contribution in [0.3, 0.4) is 0 Å². The number of nitrogens with zero attached hydrogens (tertiary/aromatic N) is 5. The average Bonchev–Trinajstić information content (AvgIpc) is 2.98. The largest absolute Gasteiger partial charge is 0.431 e. The SMILES string of the molecule is CSc1ncc(C#N)c(-c2cnc3c(OC(F)F)cccn23)n1. The zero-order valence-corrected chi connectivity index (χ0v) is 12.6. The van der Waals surface area contributed by atoms with Gasteiger partial charge in [-0.2, -0.15) is 14.0 Å². The van der Waals surface area contributed by atoms with Crippen molar-refractivity contribution in [3.63, 3.8) is 0 Å². The molecular weight excluding hydrogens is 324 g/mol. The van der Waals surface area contributed by atoms with Gasteiger partial charge < -0.3 is 4.74 Å². The summed E-state index contributed by atoms with van der Waals surface area (Å²) in [5, 5.41) is 9.73. The molecule has 3 heterocycles. The summed E-state index contributed by atoms with van der Waals surface area (Å²) in [6.07, 6.45) is 6.33. The minimum absolute atomic E-state index is 0.0496. The molecule has 0 bridgehead atoms. The second-order valence-electron chi connectivity index (χ2n) is 4.32. The molecule has 0 amide bonds. The third kappa shape index (κ3) is 2.80. The number of ether oxygens (including phenoxy) is 1. The summed E-state index contributed by atoms with van der Waals surface area (Å²) in [5.41, 5.74) is 1.36. The molecule has 3 aromatic heterocycles. The van der Waals surface area contributed by atoms with Crippen LogP contribution in [0.1, 0.15) is 5.56 Å². The molecule has 116 valence electrons. The first-order valence-corrected chi connectivity index (χ1v) is 7.59. The van der Waals surface area contributed by atoms with Crippen LogP contribution in [0.4, 0.5) is 8.78 Å². The quantitative estimate of drug-likeness (QED) is 0.540. The first-order valence-electron chi connectivity index (χ1n) is 6.36. The van der Waals surface area contributed by atoms with Crippen LogP contribution in [0, 0.1) is 11.3 Å². The Morgan fingerprint density at radius 2 is 2.17 bits per heavy atom. The molecule has 6 nitrogen and oxygen atoms in total. The molecule has 23 heavy (non-hydrogen) atoms. The number of thioether (sulfide) groups is 1. The summed E-state index contributed by atoms with van der Waals surface area (Å²) in [7, 11) is 0. The van der Waals surface area contributed by atoms with Crippen LogP contribution in [0.2, 0.25) is 0 Å². The number of aromatic nitrogens is 4. The van der Waals surface area contributed by atoms with Gasteiger partial charge in [0.25, 0.3) is 0 Å². The van der Waals surface area contributed by atoms with Gasteiger partial charge in [-0.3, -0.25) is 4.40 Å². The average molecular weight is 333 g/mol. The number of halogens is 2. The van der Waals surface area contributed by atoms with E-state index in [-0.39, 0.29) is 17.0 Å². The van der Waals surface area contributed by atoms with Gasteiger partial charge >= 0.3 is 6.61 Å². The molecule has 0 unspecified atom stereocenters. The minimum Gasteiger partial charge on any atom is -0.431 e. The first-order chi connectivity index (χ1) is 11.1. The van der Waals surface area contributed by atoms with Gasteiger partial charge in [-0.25, -0.2) is 15.0 Å². The molecule has 0 fully saturated rings. The lowest BCUT2D eigenvalue weighted by atomic mass is 10.2. The summed E-state index contributed by atoms with van der Waals surface area (Å²) in [6, 6.07) is 4.97.